The Morgan fingerprint density at radius 1 is 1.22 bits per heavy atom. The Kier molecular flexibility index (Phi) is 7.44. The molecular formula is C17H31N. The smallest absolute Gasteiger partial charge is 0.00913 e. The van der Waals surface area contributed by atoms with E-state index in [-0.39, 0.29) is 0 Å². The maximum Gasteiger partial charge on any atom is 0.00913 e. The molecule has 0 aromatic carbocycles. The fourth-order valence-corrected chi connectivity index (χ4v) is 3.12. The van der Waals surface area contributed by atoms with Gasteiger partial charge in [0, 0.05) is 6.42 Å². The minimum absolute atomic E-state index is 0.761. The maximum absolute atomic E-state index is 3.65. The zero-order chi connectivity index (χ0) is 13.4. The molecular weight excluding hydrogens is 218 g/mol. The number of nitrogens with one attached hydrogen (secondary N) is 1. The van der Waals surface area contributed by atoms with Crippen LogP contribution in [0.5, 0.6) is 0 Å². The molecule has 1 nitrogen and oxygen atoms in total. The van der Waals surface area contributed by atoms with Crippen LogP contribution in [0, 0.1) is 35.5 Å². The van der Waals surface area contributed by atoms with Gasteiger partial charge in [-0.2, -0.15) is 0 Å². The molecule has 18 heavy (non-hydrogen) atoms. The van der Waals surface area contributed by atoms with Gasteiger partial charge >= 0.3 is 0 Å². The number of hydrogen-bond donors (Lipinski definition) is 1. The summed E-state index contributed by atoms with van der Waals surface area (Å²) in [6, 6.07) is 0. The lowest BCUT2D eigenvalue weighted by molar-refractivity contribution is 0.175. The largest absolute Gasteiger partial charge is 0.316 e. The lowest BCUT2D eigenvalue weighted by Gasteiger charge is -2.35. The quantitative estimate of drug-likeness (QED) is 0.699. The molecule has 0 aromatic heterocycles. The molecule has 1 N–H and O–H groups in total. The van der Waals surface area contributed by atoms with Crippen molar-refractivity contribution in [1.29, 1.82) is 0 Å². The fraction of sp³-hybridized carbons (Fsp3) is 0.882. The van der Waals surface area contributed by atoms with Crippen molar-refractivity contribution in [2.75, 3.05) is 13.1 Å². The van der Waals surface area contributed by atoms with Crippen molar-refractivity contribution < 1.29 is 0 Å². The number of hydrogen-bond acceptors (Lipinski definition) is 1. The molecule has 0 saturated heterocycles. The molecule has 0 spiro atoms. The lowest BCUT2D eigenvalue weighted by Crippen LogP contribution is -2.34. The normalized spacial score (nSPS) is 27.9. The van der Waals surface area contributed by atoms with Gasteiger partial charge in [-0.1, -0.05) is 27.2 Å². The van der Waals surface area contributed by atoms with E-state index in [2.05, 4.69) is 37.9 Å². The summed E-state index contributed by atoms with van der Waals surface area (Å²) in [6.45, 7) is 11.3. The Morgan fingerprint density at radius 2 is 2.00 bits per heavy atom. The summed E-state index contributed by atoms with van der Waals surface area (Å²) in [5, 5.41) is 3.65. The zero-order valence-electron chi connectivity index (χ0n) is 12.8. The monoisotopic (exact) mass is 249 g/mol. The van der Waals surface area contributed by atoms with E-state index >= 15 is 0 Å². The van der Waals surface area contributed by atoms with Crippen LogP contribution in [0.2, 0.25) is 0 Å². The predicted octanol–water partition coefficient (Wildman–Crippen LogP) is 4.09. The summed E-state index contributed by atoms with van der Waals surface area (Å²) < 4.78 is 0. The van der Waals surface area contributed by atoms with Crippen LogP contribution in [-0.2, 0) is 0 Å². The minimum atomic E-state index is 0.761. The van der Waals surface area contributed by atoms with Crippen molar-refractivity contribution in [3.63, 3.8) is 0 Å². The third-order valence-electron chi connectivity index (χ3n) is 4.18. The standard InChI is InChI=1S/C17H31N/c1-5-6-7-8-16-11-15(4)9-10-17(16)13-18-12-14(2)3/h14-18H,7-13H2,1-4H3. The van der Waals surface area contributed by atoms with Crippen molar-refractivity contribution >= 4 is 0 Å². The molecule has 1 saturated carbocycles. The van der Waals surface area contributed by atoms with Gasteiger partial charge in [-0.3, -0.25) is 0 Å². The van der Waals surface area contributed by atoms with Crippen molar-refractivity contribution in [3.05, 3.63) is 0 Å². The van der Waals surface area contributed by atoms with E-state index < -0.39 is 0 Å². The van der Waals surface area contributed by atoms with Gasteiger partial charge in [-0.05, 0) is 62.9 Å². The average molecular weight is 249 g/mol. The van der Waals surface area contributed by atoms with Gasteiger partial charge in [0.05, 0.1) is 0 Å². The van der Waals surface area contributed by atoms with Gasteiger partial charge in [0.1, 0.15) is 0 Å². The van der Waals surface area contributed by atoms with Crippen LogP contribution in [-0.4, -0.2) is 13.1 Å². The second-order valence-electron chi connectivity index (χ2n) is 6.46. The Morgan fingerprint density at radius 3 is 2.67 bits per heavy atom. The molecule has 0 radical (unpaired) electrons. The highest BCUT2D eigenvalue weighted by Gasteiger charge is 2.27. The summed E-state index contributed by atoms with van der Waals surface area (Å²) in [5.74, 6) is 9.73. The molecule has 1 rings (SSSR count). The summed E-state index contributed by atoms with van der Waals surface area (Å²) in [7, 11) is 0. The summed E-state index contributed by atoms with van der Waals surface area (Å²) in [4.78, 5) is 0. The van der Waals surface area contributed by atoms with Crippen LogP contribution in [0.4, 0.5) is 0 Å². The van der Waals surface area contributed by atoms with E-state index in [1.807, 2.05) is 6.92 Å². The Hall–Kier alpha value is -0.480. The van der Waals surface area contributed by atoms with E-state index in [4.69, 9.17) is 0 Å². The van der Waals surface area contributed by atoms with Crippen molar-refractivity contribution in [2.24, 2.45) is 23.7 Å². The van der Waals surface area contributed by atoms with E-state index in [0.717, 1.165) is 36.6 Å². The Balaban J connectivity index is 2.37. The van der Waals surface area contributed by atoms with Gasteiger partial charge in [0.2, 0.25) is 0 Å². The molecule has 0 aromatic rings. The summed E-state index contributed by atoms with van der Waals surface area (Å²) >= 11 is 0. The SMILES string of the molecule is CC#CCCC1CC(C)CCC1CNCC(C)C. The molecule has 1 heteroatoms. The molecule has 1 fully saturated rings. The Labute approximate surface area is 114 Å². The van der Waals surface area contributed by atoms with Gasteiger partial charge in [0.15, 0.2) is 0 Å². The van der Waals surface area contributed by atoms with Crippen LogP contribution in [0.25, 0.3) is 0 Å². The second-order valence-corrected chi connectivity index (χ2v) is 6.46. The van der Waals surface area contributed by atoms with Crippen molar-refractivity contribution in [3.8, 4) is 11.8 Å². The highest BCUT2D eigenvalue weighted by molar-refractivity contribution is 4.95. The van der Waals surface area contributed by atoms with Crippen LogP contribution in [0.1, 0.15) is 59.8 Å². The molecule has 0 heterocycles. The molecule has 3 atom stereocenters. The van der Waals surface area contributed by atoms with E-state index in [1.54, 1.807) is 0 Å². The van der Waals surface area contributed by atoms with Crippen molar-refractivity contribution in [2.45, 2.75) is 59.8 Å². The first kappa shape index (κ1) is 15.6. The molecule has 1 aliphatic rings. The highest BCUT2D eigenvalue weighted by atomic mass is 14.9. The average Bonchev–Trinajstić information content (AvgIpc) is 2.32. The molecule has 0 bridgehead atoms. The van der Waals surface area contributed by atoms with Gasteiger partial charge in [-0.25, -0.2) is 0 Å². The first-order valence-electron chi connectivity index (χ1n) is 7.73. The van der Waals surface area contributed by atoms with E-state index in [9.17, 15) is 0 Å². The van der Waals surface area contributed by atoms with Gasteiger partial charge in [-0.15, -0.1) is 11.8 Å². The number of rotatable bonds is 6. The van der Waals surface area contributed by atoms with Crippen LogP contribution in [0.3, 0.4) is 0 Å². The van der Waals surface area contributed by atoms with E-state index in [1.165, 1.54) is 32.2 Å². The van der Waals surface area contributed by atoms with Crippen molar-refractivity contribution in [1.82, 2.24) is 5.32 Å². The lowest BCUT2D eigenvalue weighted by atomic mass is 9.73. The van der Waals surface area contributed by atoms with Gasteiger partial charge in [0.25, 0.3) is 0 Å². The maximum atomic E-state index is 3.65. The summed E-state index contributed by atoms with van der Waals surface area (Å²) in [5.41, 5.74) is 0. The molecule has 3 unspecified atom stereocenters. The second kappa shape index (κ2) is 8.59. The van der Waals surface area contributed by atoms with Crippen LogP contribution >= 0.6 is 0 Å². The first-order chi connectivity index (χ1) is 8.63. The Bertz CT molecular complexity index is 271. The zero-order valence-corrected chi connectivity index (χ0v) is 12.8. The first-order valence-corrected chi connectivity index (χ1v) is 7.73. The van der Waals surface area contributed by atoms with Crippen LogP contribution in [0.15, 0.2) is 0 Å². The minimum Gasteiger partial charge on any atom is -0.316 e. The van der Waals surface area contributed by atoms with Gasteiger partial charge < -0.3 is 5.32 Å². The third-order valence-corrected chi connectivity index (χ3v) is 4.18. The molecule has 1 aliphatic carbocycles. The predicted molar refractivity (Wildman–Crippen MR) is 80.4 cm³/mol. The molecule has 0 amide bonds. The topological polar surface area (TPSA) is 12.0 Å². The third kappa shape index (κ3) is 5.91. The molecule has 0 aliphatic heterocycles. The van der Waals surface area contributed by atoms with E-state index in [0.29, 0.717) is 0 Å². The fourth-order valence-electron chi connectivity index (χ4n) is 3.12. The van der Waals surface area contributed by atoms with Crippen LogP contribution < -0.4 is 5.32 Å². The molecule has 104 valence electrons. The summed E-state index contributed by atoms with van der Waals surface area (Å²) in [6.07, 6.45) is 6.65. The highest BCUT2D eigenvalue weighted by Crippen LogP contribution is 2.36.